The SMILES string of the molecule is CN1C(=O)CC(C(=O)O)C1c1ccc(Br)c(Cl)c1. The molecule has 2 atom stereocenters. The molecule has 1 saturated heterocycles. The number of carbonyl (C=O) groups is 2. The molecular formula is C12H11BrClNO3. The van der Waals surface area contributed by atoms with Gasteiger partial charge in [0.1, 0.15) is 0 Å². The Bertz CT molecular complexity index is 520. The topological polar surface area (TPSA) is 57.6 Å². The molecule has 0 bridgehead atoms. The van der Waals surface area contributed by atoms with Gasteiger partial charge in [0, 0.05) is 17.9 Å². The van der Waals surface area contributed by atoms with Crippen molar-refractivity contribution in [1.82, 2.24) is 4.90 Å². The van der Waals surface area contributed by atoms with Crippen LogP contribution in [0.1, 0.15) is 18.0 Å². The third-order valence-electron chi connectivity index (χ3n) is 3.19. The quantitative estimate of drug-likeness (QED) is 0.906. The summed E-state index contributed by atoms with van der Waals surface area (Å²) in [6.45, 7) is 0. The van der Waals surface area contributed by atoms with Crippen LogP contribution in [-0.2, 0) is 9.59 Å². The highest BCUT2D eigenvalue weighted by Gasteiger charge is 2.42. The summed E-state index contributed by atoms with van der Waals surface area (Å²) in [6, 6.07) is 4.78. The molecule has 0 spiro atoms. The van der Waals surface area contributed by atoms with Gasteiger partial charge in [-0.25, -0.2) is 0 Å². The molecule has 1 aromatic carbocycles. The number of halogens is 2. The van der Waals surface area contributed by atoms with Crippen LogP contribution >= 0.6 is 27.5 Å². The third-order valence-corrected chi connectivity index (χ3v) is 4.42. The Balaban J connectivity index is 2.42. The lowest BCUT2D eigenvalue weighted by molar-refractivity contribution is -0.142. The number of carboxylic acids is 1. The molecule has 2 rings (SSSR count). The Kier molecular flexibility index (Phi) is 3.64. The minimum absolute atomic E-state index is 0.0319. The van der Waals surface area contributed by atoms with Crippen LogP contribution in [0.2, 0.25) is 5.02 Å². The maximum Gasteiger partial charge on any atom is 0.309 e. The van der Waals surface area contributed by atoms with Crippen molar-refractivity contribution < 1.29 is 14.7 Å². The largest absolute Gasteiger partial charge is 0.481 e. The Morgan fingerprint density at radius 3 is 2.78 bits per heavy atom. The van der Waals surface area contributed by atoms with E-state index in [0.29, 0.717) is 5.02 Å². The van der Waals surface area contributed by atoms with Crippen molar-refractivity contribution in [3.8, 4) is 0 Å². The van der Waals surface area contributed by atoms with Gasteiger partial charge in [0.25, 0.3) is 0 Å². The molecule has 2 unspecified atom stereocenters. The van der Waals surface area contributed by atoms with Crippen LogP contribution in [-0.4, -0.2) is 28.9 Å². The number of hydrogen-bond donors (Lipinski definition) is 1. The zero-order valence-corrected chi connectivity index (χ0v) is 11.9. The predicted octanol–water partition coefficient (Wildman–Crippen LogP) is 2.71. The van der Waals surface area contributed by atoms with E-state index in [2.05, 4.69) is 15.9 Å². The van der Waals surface area contributed by atoms with E-state index in [-0.39, 0.29) is 12.3 Å². The lowest BCUT2D eigenvalue weighted by atomic mass is 9.94. The molecule has 1 amide bonds. The molecule has 1 aliphatic rings. The van der Waals surface area contributed by atoms with E-state index in [1.54, 1.807) is 25.2 Å². The predicted molar refractivity (Wildman–Crippen MR) is 70.4 cm³/mol. The fourth-order valence-corrected chi connectivity index (χ4v) is 2.68. The van der Waals surface area contributed by atoms with Crippen LogP contribution < -0.4 is 0 Å². The molecule has 1 N–H and O–H groups in total. The minimum Gasteiger partial charge on any atom is -0.481 e. The first-order chi connectivity index (χ1) is 8.41. The van der Waals surface area contributed by atoms with Crippen molar-refractivity contribution in [2.45, 2.75) is 12.5 Å². The Hall–Kier alpha value is -1.07. The summed E-state index contributed by atoms with van der Waals surface area (Å²) >= 11 is 9.29. The second kappa shape index (κ2) is 4.90. The van der Waals surface area contributed by atoms with Gasteiger partial charge >= 0.3 is 5.97 Å². The van der Waals surface area contributed by atoms with Gasteiger partial charge in [-0.1, -0.05) is 17.7 Å². The van der Waals surface area contributed by atoms with Gasteiger partial charge in [-0.3, -0.25) is 9.59 Å². The van der Waals surface area contributed by atoms with E-state index in [1.165, 1.54) is 4.90 Å². The summed E-state index contributed by atoms with van der Waals surface area (Å²) in [5.74, 6) is -1.84. The third kappa shape index (κ3) is 2.24. The molecule has 1 fully saturated rings. The van der Waals surface area contributed by atoms with Crippen molar-refractivity contribution in [1.29, 1.82) is 0 Å². The highest BCUT2D eigenvalue weighted by atomic mass is 79.9. The van der Waals surface area contributed by atoms with Crippen LogP contribution in [0.15, 0.2) is 22.7 Å². The number of carbonyl (C=O) groups excluding carboxylic acids is 1. The van der Waals surface area contributed by atoms with Crippen LogP contribution in [0.5, 0.6) is 0 Å². The fraction of sp³-hybridized carbons (Fsp3) is 0.333. The molecule has 18 heavy (non-hydrogen) atoms. The van der Waals surface area contributed by atoms with Crippen molar-refractivity contribution in [2.75, 3.05) is 7.05 Å². The maximum absolute atomic E-state index is 11.6. The average Bonchev–Trinajstić information content (AvgIpc) is 2.60. The Labute approximate surface area is 118 Å². The van der Waals surface area contributed by atoms with Gasteiger partial charge < -0.3 is 10.0 Å². The second-order valence-electron chi connectivity index (χ2n) is 4.27. The average molecular weight is 333 g/mol. The van der Waals surface area contributed by atoms with Gasteiger partial charge in [-0.2, -0.15) is 0 Å². The summed E-state index contributed by atoms with van der Waals surface area (Å²) in [6.07, 6.45) is 0.0319. The molecule has 0 radical (unpaired) electrons. The number of rotatable bonds is 2. The fourth-order valence-electron chi connectivity index (χ4n) is 2.24. The number of carboxylic acid groups (broad SMARTS) is 1. The van der Waals surface area contributed by atoms with Gasteiger partial charge in [0.05, 0.1) is 17.0 Å². The monoisotopic (exact) mass is 331 g/mol. The molecule has 0 saturated carbocycles. The molecular weight excluding hydrogens is 321 g/mol. The van der Waals surface area contributed by atoms with E-state index in [1.807, 2.05) is 0 Å². The van der Waals surface area contributed by atoms with E-state index in [0.717, 1.165) is 10.0 Å². The van der Waals surface area contributed by atoms with E-state index >= 15 is 0 Å². The van der Waals surface area contributed by atoms with Crippen LogP contribution in [0.25, 0.3) is 0 Å². The number of amides is 1. The summed E-state index contributed by atoms with van der Waals surface area (Å²) in [4.78, 5) is 24.3. The van der Waals surface area contributed by atoms with E-state index in [9.17, 15) is 14.7 Å². The van der Waals surface area contributed by atoms with Crippen molar-refractivity contribution >= 4 is 39.4 Å². The minimum atomic E-state index is -0.961. The number of likely N-dealkylation sites (tertiary alicyclic amines) is 1. The van der Waals surface area contributed by atoms with Gasteiger partial charge in [-0.05, 0) is 33.6 Å². The second-order valence-corrected chi connectivity index (χ2v) is 5.53. The molecule has 1 heterocycles. The summed E-state index contributed by atoms with van der Waals surface area (Å²) < 4.78 is 0.742. The molecule has 6 heteroatoms. The first kappa shape index (κ1) is 13.4. The maximum atomic E-state index is 11.6. The van der Waals surface area contributed by atoms with Gasteiger partial charge in [0.15, 0.2) is 0 Å². The first-order valence-electron chi connectivity index (χ1n) is 5.35. The van der Waals surface area contributed by atoms with Crippen LogP contribution in [0.4, 0.5) is 0 Å². The van der Waals surface area contributed by atoms with Crippen molar-refractivity contribution in [2.24, 2.45) is 5.92 Å². The van der Waals surface area contributed by atoms with E-state index in [4.69, 9.17) is 11.6 Å². The smallest absolute Gasteiger partial charge is 0.309 e. The van der Waals surface area contributed by atoms with Crippen LogP contribution in [0.3, 0.4) is 0 Å². The lowest BCUT2D eigenvalue weighted by Gasteiger charge is -2.23. The number of benzene rings is 1. The standard InChI is InChI=1S/C12H11BrClNO3/c1-15-10(16)5-7(12(17)18)11(15)6-2-3-8(13)9(14)4-6/h2-4,7,11H,5H2,1H3,(H,17,18). The molecule has 1 aliphatic heterocycles. The zero-order valence-electron chi connectivity index (χ0n) is 9.56. The van der Waals surface area contributed by atoms with Crippen molar-refractivity contribution in [3.63, 3.8) is 0 Å². The summed E-state index contributed by atoms with van der Waals surface area (Å²) in [5.41, 5.74) is 0.740. The number of nitrogens with zero attached hydrogens (tertiary/aromatic N) is 1. The normalized spacial score (nSPS) is 23.5. The molecule has 0 aromatic heterocycles. The summed E-state index contributed by atoms with van der Waals surface area (Å²) in [5, 5.41) is 9.69. The first-order valence-corrected chi connectivity index (χ1v) is 6.52. The van der Waals surface area contributed by atoms with Crippen molar-refractivity contribution in [3.05, 3.63) is 33.3 Å². The van der Waals surface area contributed by atoms with Gasteiger partial charge in [-0.15, -0.1) is 0 Å². The highest BCUT2D eigenvalue weighted by molar-refractivity contribution is 9.10. The molecule has 96 valence electrons. The Morgan fingerprint density at radius 2 is 2.22 bits per heavy atom. The zero-order chi connectivity index (χ0) is 13.4. The van der Waals surface area contributed by atoms with Gasteiger partial charge in [0.2, 0.25) is 5.91 Å². The highest BCUT2D eigenvalue weighted by Crippen LogP contribution is 2.38. The lowest BCUT2D eigenvalue weighted by Crippen LogP contribution is -2.26. The number of aliphatic carboxylic acids is 1. The Morgan fingerprint density at radius 1 is 1.56 bits per heavy atom. The van der Waals surface area contributed by atoms with Crippen LogP contribution in [0, 0.1) is 5.92 Å². The molecule has 0 aliphatic carbocycles. The van der Waals surface area contributed by atoms with E-state index < -0.39 is 17.9 Å². The number of hydrogen-bond acceptors (Lipinski definition) is 2. The summed E-state index contributed by atoms with van der Waals surface area (Å²) in [7, 11) is 1.62. The molecule has 4 nitrogen and oxygen atoms in total. The molecule has 1 aromatic rings.